The van der Waals surface area contributed by atoms with Gasteiger partial charge in [0.15, 0.2) is 0 Å². The number of fused-ring (bicyclic) bond motifs is 4. The van der Waals surface area contributed by atoms with E-state index in [1.165, 1.54) is 12.1 Å². The Morgan fingerprint density at radius 3 is 2.44 bits per heavy atom. The number of rotatable bonds is 3. The molecule has 6 heteroatoms. The lowest BCUT2D eigenvalue weighted by molar-refractivity contribution is 0.0789. The molecule has 3 aromatic rings. The third-order valence-corrected chi connectivity index (χ3v) is 6.56. The van der Waals surface area contributed by atoms with E-state index >= 15 is 0 Å². The first-order valence-electron chi connectivity index (χ1n) is 10.8. The fraction of sp³-hybridized carbons (Fsp3) is 0.423. The van der Waals surface area contributed by atoms with Crippen molar-refractivity contribution in [3.63, 3.8) is 0 Å². The lowest BCUT2D eigenvalue weighted by atomic mass is 9.79. The van der Waals surface area contributed by atoms with Crippen LogP contribution in [-0.2, 0) is 17.4 Å². The van der Waals surface area contributed by atoms with Gasteiger partial charge in [-0.05, 0) is 53.2 Å². The van der Waals surface area contributed by atoms with Crippen molar-refractivity contribution < 1.29 is 24.5 Å². The summed E-state index contributed by atoms with van der Waals surface area (Å²) in [5.41, 5.74) is 0.752. The summed E-state index contributed by atoms with van der Waals surface area (Å²) in [6.45, 7) is 13.0. The highest BCUT2D eigenvalue weighted by molar-refractivity contribution is 5.99. The van der Waals surface area contributed by atoms with Crippen LogP contribution in [0, 0.1) is 0 Å². The van der Waals surface area contributed by atoms with Crippen molar-refractivity contribution in [2.75, 3.05) is 0 Å². The number of benzene rings is 2. The first kappa shape index (κ1) is 22.2. The highest BCUT2D eigenvalue weighted by atomic mass is 16.5. The molecule has 0 unspecified atom stereocenters. The highest BCUT2D eigenvalue weighted by Crippen LogP contribution is 2.52. The van der Waals surface area contributed by atoms with Crippen molar-refractivity contribution in [2.45, 2.75) is 72.0 Å². The largest absolute Gasteiger partial charge is 0.508 e. The molecule has 0 saturated carbocycles. The number of allylic oxidation sites excluding steroid dienone is 2. The summed E-state index contributed by atoms with van der Waals surface area (Å²) in [5, 5.41) is 32.3. The average Bonchev–Trinajstić information content (AvgIpc) is 2.89. The van der Waals surface area contributed by atoms with Gasteiger partial charge in [0.1, 0.15) is 39.9 Å². The van der Waals surface area contributed by atoms with Gasteiger partial charge in [0.05, 0.1) is 11.0 Å². The lowest BCUT2D eigenvalue weighted by Gasteiger charge is -2.23. The average molecular weight is 439 g/mol. The summed E-state index contributed by atoms with van der Waals surface area (Å²) in [6.07, 6.45) is 2.17. The van der Waals surface area contributed by atoms with E-state index in [9.17, 15) is 20.1 Å². The molecule has 0 amide bonds. The highest BCUT2D eigenvalue weighted by Gasteiger charge is 2.44. The summed E-state index contributed by atoms with van der Waals surface area (Å²) < 4.78 is 12.5. The molecule has 0 bridgehead atoms. The molecule has 2 aromatic carbocycles. The number of aliphatic hydroxyl groups is 1. The number of aromatic hydroxyl groups is 2. The fourth-order valence-corrected chi connectivity index (χ4v) is 4.38. The number of ether oxygens (including phenoxy) is 1. The standard InChI is InChI=1S/C26H30O6/c1-12(2)8-9-15-20(28)18-21(29)16-10-14(27)11-17(26(6,7)30)22(16)32-24(18)19-23(15)31-13(3)25(19,4)5/h8,10-11,13,27-28,30H,9H2,1-7H3/t13-/m1/s1. The minimum absolute atomic E-state index is 0.0616. The third-order valence-electron chi connectivity index (χ3n) is 6.56. The normalized spacial score (nSPS) is 17.4. The zero-order valence-electron chi connectivity index (χ0n) is 19.6. The van der Waals surface area contributed by atoms with Gasteiger partial charge in [-0.2, -0.15) is 0 Å². The molecule has 2 heterocycles. The second-order valence-electron chi connectivity index (χ2n) is 10.1. The molecular weight excluding hydrogens is 408 g/mol. The topological polar surface area (TPSA) is 100 Å². The molecule has 0 saturated heterocycles. The Kier molecular flexibility index (Phi) is 4.86. The quantitative estimate of drug-likeness (QED) is 0.386. The Balaban J connectivity index is 2.26. The van der Waals surface area contributed by atoms with Gasteiger partial charge >= 0.3 is 0 Å². The van der Waals surface area contributed by atoms with Gasteiger partial charge < -0.3 is 24.5 Å². The first-order valence-corrected chi connectivity index (χ1v) is 10.8. The van der Waals surface area contributed by atoms with Crippen LogP contribution in [0.15, 0.2) is 33.0 Å². The Morgan fingerprint density at radius 1 is 1.19 bits per heavy atom. The SMILES string of the molecule is CC(C)=CCc1c2c(c3oc4c(C(C)(C)O)cc(O)cc4c(=O)c3c1O)C(C)(C)[C@@H](C)O2. The maximum absolute atomic E-state index is 13.7. The monoisotopic (exact) mass is 438 g/mol. The molecular formula is C26H30O6. The van der Waals surface area contributed by atoms with E-state index in [-0.39, 0.29) is 45.1 Å². The van der Waals surface area contributed by atoms with E-state index in [0.717, 1.165) is 11.1 Å². The van der Waals surface area contributed by atoms with Crippen LogP contribution in [0.25, 0.3) is 21.9 Å². The second kappa shape index (κ2) is 7.01. The number of hydrogen-bond acceptors (Lipinski definition) is 6. The fourth-order valence-electron chi connectivity index (χ4n) is 4.38. The van der Waals surface area contributed by atoms with Crippen LogP contribution >= 0.6 is 0 Å². The van der Waals surface area contributed by atoms with Gasteiger partial charge in [0.25, 0.3) is 0 Å². The van der Waals surface area contributed by atoms with Crippen molar-refractivity contribution >= 4 is 21.9 Å². The van der Waals surface area contributed by atoms with Crippen LogP contribution in [0.4, 0.5) is 0 Å². The van der Waals surface area contributed by atoms with Crippen molar-refractivity contribution in [3.05, 3.63) is 50.7 Å². The molecule has 1 aromatic heterocycles. The van der Waals surface area contributed by atoms with Gasteiger partial charge in [-0.15, -0.1) is 0 Å². The summed E-state index contributed by atoms with van der Waals surface area (Å²) in [6, 6.07) is 2.70. The minimum atomic E-state index is -1.37. The Labute approximate surface area is 186 Å². The molecule has 32 heavy (non-hydrogen) atoms. The molecule has 170 valence electrons. The van der Waals surface area contributed by atoms with E-state index in [0.29, 0.717) is 17.7 Å². The van der Waals surface area contributed by atoms with E-state index < -0.39 is 16.4 Å². The van der Waals surface area contributed by atoms with Crippen LogP contribution < -0.4 is 10.2 Å². The van der Waals surface area contributed by atoms with Gasteiger partial charge in [-0.25, -0.2) is 0 Å². The van der Waals surface area contributed by atoms with Crippen molar-refractivity contribution in [2.24, 2.45) is 0 Å². The molecule has 1 aliphatic rings. The molecule has 1 aliphatic heterocycles. The molecule has 3 N–H and O–H groups in total. The van der Waals surface area contributed by atoms with Crippen LogP contribution in [0.2, 0.25) is 0 Å². The van der Waals surface area contributed by atoms with Gasteiger partial charge in [0.2, 0.25) is 5.43 Å². The molecule has 0 radical (unpaired) electrons. The molecule has 4 rings (SSSR count). The maximum Gasteiger partial charge on any atom is 0.204 e. The molecule has 0 fully saturated rings. The van der Waals surface area contributed by atoms with Crippen molar-refractivity contribution in [3.8, 4) is 17.2 Å². The van der Waals surface area contributed by atoms with Crippen molar-refractivity contribution in [1.82, 2.24) is 0 Å². The number of phenols is 2. The zero-order chi connectivity index (χ0) is 23.7. The van der Waals surface area contributed by atoms with Crippen LogP contribution in [0.1, 0.15) is 65.2 Å². The third kappa shape index (κ3) is 3.16. The summed E-state index contributed by atoms with van der Waals surface area (Å²) in [5.74, 6) is 0.199. The molecule has 0 aliphatic carbocycles. The molecule has 1 atom stereocenters. The van der Waals surface area contributed by atoms with E-state index in [2.05, 4.69) is 0 Å². The summed E-state index contributed by atoms with van der Waals surface area (Å²) >= 11 is 0. The van der Waals surface area contributed by atoms with Crippen molar-refractivity contribution in [1.29, 1.82) is 0 Å². The number of phenolic OH excluding ortho intramolecular Hbond substituents is 2. The van der Waals surface area contributed by atoms with Crippen LogP contribution in [0.3, 0.4) is 0 Å². The maximum atomic E-state index is 13.7. The Morgan fingerprint density at radius 2 is 1.84 bits per heavy atom. The van der Waals surface area contributed by atoms with E-state index in [4.69, 9.17) is 9.15 Å². The summed E-state index contributed by atoms with van der Waals surface area (Å²) in [4.78, 5) is 13.7. The first-order chi connectivity index (χ1) is 14.7. The van der Waals surface area contributed by atoms with Gasteiger partial charge in [0, 0.05) is 22.1 Å². The number of hydrogen-bond donors (Lipinski definition) is 3. The molecule has 0 spiro atoms. The van der Waals surface area contributed by atoms with Crippen LogP contribution in [0.5, 0.6) is 17.2 Å². The van der Waals surface area contributed by atoms with E-state index in [1.807, 2.05) is 40.7 Å². The molecule has 6 nitrogen and oxygen atoms in total. The van der Waals surface area contributed by atoms with Gasteiger partial charge in [-0.1, -0.05) is 25.5 Å². The predicted octanol–water partition coefficient (Wildman–Crippen LogP) is 5.15. The smallest absolute Gasteiger partial charge is 0.204 e. The second-order valence-corrected chi connectivity index (χ2v) is 10.1. The summed E-state index contributed by atoms with van der Waals surface area (Å²) in [7, 11) is 0. The minimum Gasteiger partial charge on any atom is -0.508 e. The van der Waals surface area contributed by atoms with Crippen LogP contribution in [-0.4, -0.2) is 21.4 Å². The predicted molar refractivity (Wildman–Crippen MR) is 125 cm³/mol. The Hall–Kier alpha value is -2.99. The lowest BCUT2D eigenvalue weighted by Crippen LogP contribution is -2.29. The van der Waals surface area contributed by atoms with E-state index in [1.54, 1.807) is 13.8 Å². The van der Waals surface area contributed by atoms with Gasteiger partial charge in [-0.3, -0.25) is 4.79 Å². The zero-order valence-corrected chi connectivity index (χ0v) is 19.6. The Bertz CT molecular complexity index is 1350.